The SMILES string of the molecule is COc1nc(N)nc2c1ncn2[C@@H]1O[C@H](CO)[C@H](O)C1OC. The van der Waals surface area contributed by atoms with Crippen molar-refractivity contribution >= 4 is 17.1 Å². The van der Waals surface area contributed by atoms with E-state index in [2.05, 4.69) is 15.0 Å². The van der Waals surface area contributed by atoms with E-state index in [1.807, 2.05) is 0 Å². The summed E-state index contributed by atoms with van der Waals surface area (Å²) in [4.78, 5) is 12.3. The van der Waals surface area contributed by atoms with E-state index in [-0.39, 0.29) is 18.4 Å². The molecule has 0 bridgehead atoms. The highest BCUT2D eigenvalue weighted by molar-refractivity contribution is 5.77. The Hall–Kier alpha value is -2.01. The lowest BCUT2D eigenvalue weighted by molar-refractivity contribution is -0.0583. The quantitative estimate of drug-likeness (QED) is 0.627. The van der Waals surface area contributed by atoms with Crippen molar-refractivity contribution < 1.29 is 24.4 Å². The number of nitrogens with two attached hydrogens (primary N) is 1. The number of aromatic nitrogens is 4. The summed E-state index contributed by atoms with van der Waals surface area (Å²) >= 11 is 0. The highest BCUT2D eigenvalue weighted by atomic mass is 16.6. The Morgan fingerprint density at radius 3 is 2.82 bits per heavy atom. The van der Waals surface area contributed by atoms with E-state index in [0.717, 1.165) is 0 Å². The first-order valence-electron chi connectivity index (χ1n) is 6.62. The molecular weight excluding hydrogens is 294 g/mol. The summed E-state index contributed by atoms with van der Waals surface area (Å²) in [6.07, 6.45) is -1.64. The second kappa shape index (κ2) is 5.65. The van der Waals surface area contributed by atoms with Crippen molar-refractivity contribution in [3.63, 3.8) is 0 Å². The van der Waals surface area contributed by atoms with Gasteiger partial charge in [0.05, 0.1) is 20.0 Å². The Labute approximate surface area is 125 Å². The standard InChI is InChI=1S/C12H17N5O5/c1-20-8-7(19)5(3-18)22-11(8)17-4-14-6-9(17)15-12(13)16-10(6)21-2/h4-5,7-8,11,18-19H,3H2,1-2H3,(H2,13,15,16)/t5-,7+,8?,11-/m1/s1. The van der Waals surface area contributed by atoms with Crippen LogP contribution < -0.4 is 10.5 Å². The molecule has 0 aliphatic carbocycles. The van der Waals surface area contributed by atoms with Gasteiger partial charge in [-0.05, 0) is 0 Å². The minimum absolute atomic E-state index is 0.0253. The lowest BCUT2D eigenvalue weighted by Crippen LogP contribution is -2.34. The van der Waals surface area contributed by atoms with Gasteiger partial charge in [0.2, 0.25) is 11.8 Å². The van der Waals surface area contributed by atoms with Crippen LogP contribution in [0.1, 0.15) is 6.23 Å². The maximum atomic E-state index is 10.1. The van der Waals surface area contributed by atoms with Crippen molar-refractivity contribution in [2.24, 2.45) is 0 Å². The van der Waals surface area contributed by atoms with Crippen LogP contribution in [0.3, 0.4) is 0 Å². The molecule has 1 aliphatic rings. The summed E-state index contributed by atoms with van der Waals surface area (Å²) in [5.41, 5.74) is 6.48. The van der Waals surface area contributed by atoms with Crippen molar-refractivity contribution in [1.82, 2.24) is 19.5 Å². The zero-order valence-electron chi connectivity index (χ0n) is 12.1. The molecule has 0 radical (unpaired) electrons. The number of aliphatic hydroxyl groups excluding tert-OH is 2. The Morgan fingerprint density at radius 2 is 2.18 bits per heavy atom. The summed E-state index contributed by atoms with van der Waals surface area (Å²) in [5, 5.41) is 19.4. The summed E-state index contributed by atoms with van der Waals surface area (Å²) < 4.78 is 17.6. The van der Waals surface area contributed by atoms with Crippen LogP contribution in [0.25, 0.3) is 11.2 Å². The number of anilines is 1. The van der Waals surface area contributed by atoms with Gasteiger partial charge in [0, 0.05) is 7.11 Å². The molecule has 4 N–H and O–H groups in total. The molecule has 22 heavy (non-hydrogen) atoms. The van der Waals surface area contributed by atoms with E-state index in [0.29, 0.717) is 11.2 Å². The van der Waals surface area contributed by atoms with Crippen molar-refractivity contribution in [3.8, 4) is 5.88 Å². The van der Waals surface area contributed by atoms with E-state index in [4.69, 9.17) is 19.9 Å². The fourth-order valence-corrected chi connectivity index (χ4v) is 2.58. The Balaban J connectivity index is 2.08. The molecule has 2 aromatic rings. The second-order valence-electron chi connectivity index (χ2n) is 4.85. The predicted octanol–water partition coefficient (Wildman–Crippen LogP) is -1.32. The molecule has 4 atom stereocenters. The monoisotopic (exact) mass is 311 g/mol. The van der Waals surface area contributed by atoms with Gasteiger partial charge < -0.3 is 30.2 Å². The Morgan fingerprint density at radius 1 is 1.41 bits per heavy atom. The van der Waals surface area contributed by atoms with Crippen LogP contribution in [0.4, 0.5) is 5.95 Å². The van der Waals surface area contributed by atoms with Gasteiger partial charge in [-0.3, -0.25) is 4.57 Å². The van der Waals surface area contributed by atoms with Gasteiger partial charge in [0.25, 0.3) is 0 Å². The predicted molar refractivity (Wildman–Crippen MR) is 74.1 cm³/mol. The van der Waals surface area contributed by atoms with Crippen LogP contribution in [0.15, 0.2) is 6.33 Å². The van der Waals surface area contributed by atoms with Crippen LogP contribution in [-0.2, 0) is 9.47 Å². The minimum Gasteiger partial charge on any atom is -0.479 e. The molecule has 0 aromatic carbocycles. The van der Waals surface area contributed by atoms with E-state index in [9.17, 15) is 10.2 Å². The third-order valence-corrected chi connectivity index (χ3v) is 3.64. The maximum Gasteiger partial charge on any atom is 0.246 e. The number of hydrogen-bond acceptors (Lipinski definition) is 9. The lowest BCUT2D eigenvalue weighted by Gasteiger charge is -2.20. The van der Waals surface area contributed by atoms with Gasteiger partial charge in [-0.15, -0.1) is 0 Å². The normalized spacial score (nSPS) is 28.4. The molecule has 1 unspecified atom stereocenters. The number of hydrogen-bond donors (Lipinski definition) is 3. The third kappa shape index (κ3) is 2.16. The molecule has 1 fully saturated rings. The molecular formula is C12H17N5O5. The van der Waals surface area contributed by atoms with Crippen LogP contribution in [-0.4, -0.2) is 68.9 Å². The highest BCUT2D eigenvalue weighted by Gasteiger charge is 2.45. The first-order chi connectivity index (χ1) is 10.6. The maximum absolute atomic E-state index is 10.1. The van der Waals surface area contributed by atoms with Gasteiger partial charge in [-0.1, -0.05) is 0 Å². The van der Waals surface area contributed by atoms with E-state index in [1.165, 1.54) is 20.5 Å². The van der Waals surface area contributed by atoms with Gasteiger partial charge in [0.1, 0.15) is 18.3 Å². The largest absolute Gasteiger partial charge is 0.479 e. The number of aliphatic hydroxyl groups is 2. The number of methoxy groups -OCH3 is 2. The molecule has 10 heteroatoms. The zero-order chi connectivity index (χ0) is 15.9. The zero-order valence-corrected chi connectivity index (χ0v) is 12.1. The van der Waals surface area contributed by atoms with Crippen molar-refractivity contribution in [3.05, 3.63) is 6.33 Å². The molecule has 1 aliphatic heterocycles. The molecule has 2 aromatic heterocycles. The molecule has 10 nitrogen and oxygen atoms in total. The number of rotatable bonds is 4. The van der Waals surface area contributed by atoms with Crippen LogP contribution in [0.5, 0.6) is 5.88 Å². The summed E-state index contributed by atoms with van der Waals surface area (Å²) in [5.74, 6) is 0.268. The highest BCUT2D eigenvalue weighted by Crippen LogP contribution is 2.34. The average Bonchev–Trinajstić information content (AvgIpc) is 3.06. The van der Waals surface area contributed by atoms with Gasteiger partial charge >= 0.3 is 0 Å². The lowest BCUT2D eigenvalue weighted by atomic mass is 10.1. The fourth-order valence-electron chi connectivity index (χ4n) is 2.58. The minimum atomic E-state index is -0.974. The number of ether oxygens (including phenoxy) is 3. The topological polar surface area (TPSA) is 138 Å². The van der Waals surface area contributed by atoms with E-state index < -0.39 is 24.5 Å². The number of nitrogens with zero attached hydrogens (tertiary/aromatic N) is 4. The number of nitrogen functional groups attached to an aromatic ring is 1. The van der Waals surface area contributed by atoms with Gasteiger partial charge in [0.15, 0.2) is 17.4 Å². The van der Waals surface area contributed by atoms with Crippen molar-refractivity contribution in [2.45, 2.75) is 24.5 Å². The Bertz CT molecular complexity index is 677. The third-order valence-electron chi connectivity index (χ3n) is 3.64. The van der Waals surface area contributed by atoms with Crippen LogP contribution in [0.2, 0.25) is 0 Å². The van der Waals surface area contributed by atoms with E-state index >= 15 is 0 Å². The fraction of sp³-hybridized carbons (Fsp3) is 0.583. The van der Waals surface area contributed by atoms with Crippen molar-refractivity contribution in [1.29, 1.82) is 0 Å². The van der Waals surface area contributed by atoms with Gasteiger partial charge in [-0.2, -0.15) is 9.97 Å². The molecule has 120 valence electrons. The van der Waals surface area contributed by atoms with Gasteiger partial charge in [-0.25, -0.2) is 4.98 Å². The first-order valence-corrected chi connectivity index (χ1v) is 6.62. The second-order valence-corrected chi connectivity index (χ2v) is 4.85. The van der Waals surface area contributed by atoms with Crippen LogP contribution in [0, 0.1) is 0 Å². The Kier molecular flexibility index (Phi) is 3.83. The summed E-state index contributed by atoms with van der Waals surface area (Å²) in [6, 6.07) is 0. The average molecular weight is 311 g/mol. The van der Waals surface area contributed by atoms with Crippen LogP contribution >= 0.6 is 0 Å². The summed E-state index contributed by atoms with van der Waals surface area (Å²) in [6.45, 7) is -0.329. The smallest absolute Gasteiger partial charge is 0.246 e. The molecule has 0 saturated carbocycles. The van der Waals surface area contributed by atoms with Crippen molar-refractivity contribution in [2.75, 3.05) is 26.6 Å². The molecule has 0 spiro atoms. The molecule has 0 amide bonds. The van der Waals surface area contributed by atoms with E-state index in [1.54, 1.807) is 4.57 Å². The molecule has 3 heterocycles. The molecule has 3 rings (SSSR count). The molecule has 1 saturated heterocycles. The first kappa shape index (κ1) is 14.9. The number of imidazole rings is 1. The summed E-state index contributed by atoms with van der Waals surface area (Å²) in [7, 11) is 2.91. The number of fused-ring (bicyclic) bond motifs is 1.